The minimum atomic E-state index is -3.67. The molecule has 0 aliphatic heterocycles. The molecule has 2 aromatic rings. The largest absolute Gasteiger partial charge is 0.326 e. The topological polar surface area (TPSA) is 85.1 Å². The molecule has 1 heterocycles. The molecular weight excluding hydrogens is 286 g/mol. The number of anilines is 1. The fourth-order valence-corrected chi connectivity index (χ4v) is 2.80. The number of nitrogens with two attached hydrogens (primary N) is 1. The van der Waals surface area contributed by atoms with E-state index in [1.165, 1.54) is 24.4 Å². The van der Waals surface area contributed by atoms with E-state index in [4.69, 9.17) is 17.3 Å². The fourth-order valence-electron chi connectivity index (χ4n) is 1.51. The Balaban J connectivity index is 2.35. The summed E-state index contributed by atoms with van der Waals surface area (Å²) < 4.78 is 26.7. The van der Waals surface area contributed by atoms with E-state index in [0.29, 0.717) is 16.3 Å². The number of benzene rings is 1. The van der Waals surface area contributed by atoms with Crippen LogP contribution >= 0.6 is 11.6 Å². The van der Waals surface area contributed by atoms with Crippen LogP contribution in [0.5, 0.6) is 0 Å². The van der Waals surface area contributed by atoms with Gasteiger partial charge in [0, 0.05) is 17.8 Å². The van der Waals surface area contributed by atoms with Crippen LogP contribution in [0.25, 0.3) is 0 Å². The Morgan fingerprint density at radius 1 is 1.32 bits per heavy atom. The zero-order valence-corrected chi connectivity index (χ0v) is 11.4. The lowest BCUT2D eigenvalue weighted by Gasteiger charge is -2.09. The highest BCUT2D eigenvalue weighted by molar-refractivity contribution is 7.92. The summed E-state index contributed by atoms with van der Waals surface area (Å²) in [4.78, 5) is 3.95. The maximum atomic E-state index is 12.2. The first kappa shape index (κ1) is 13.8. The van der Waals surface area contributed by atoms with Crippen molar-refractivity contribution < 1.29 is 8.42 Å². The van der Waals surface area contributed by atoms with Gasteiger partial charge < -0.3 is 5.73 Å². The first-order valence-corrected chi connectivity index (χ1v) is 7.30. The number of rotatable bonds is 4. The van der Waals surface area contributed by atoms with Crippen LogP contribution in [0.4, 0.5) is 5.69 Å². The summed E-state index contributed by atoms with van der Waals surface area (Å²) in [5.74, 6) is 0. The molecule has 0 unspecified atom stereocenters. The van der Waals surface area contributed by atoms with Gasteiger partial charge in [0.05, 0.1) is 16.8 Å². The average molecular weight is 298 g/mol. The second kappa shape index (κ2) is 5.56. The number of aromatic nitrogens is 1. The Morgan fingerprint density at radius 3 is 2.74 bits per heavy atom. The van der Waals surface area contributed by atoms with Crippen molar-refractivity contribution in [2.24, 2.45) is 5.73 Å². The number of nitrogens with one attached hydrogen (secondary N) is 1. The third kappa shape index (κ3) is 3.23. The summed E-state index contributed by atoms with van der Waals surface area (Å²) in [6, 6.07) is 7.66. The Hall–Kier alpha value is -1.63. The van der Waals surface area contributed by atoms with Crippen LogP contribution in [0.1, 0.15) is 5.56 Å². The van der Waals surface area contributed by atoms with Gasteiger partial charge in [-0.1, -0.05) is 11.6 Å². The van der Waals surface area contributed by atoms with Crippen molar-refractivity contribution in [1.29, 1.82) is 0 Å². The molecule has 0 saturated carbocycles. The number of hydrogen-bond acceptors (Lipinski definition) is 4. The zero-order valence-electron chi connectivity index (χ0n) is 9.88. The predicted octanol–water partition coefficient (Wildman–Crippen LogP) is 1.99. The molecule has 19 heavy (non-hydrogen) atoms. The van der Waals surface area contributed by atoms with E-state index >= 15 is 0 Å². The quantitative estimate of drug-likeness (QED) is 0.904. The highest BCUT2D eigenvalue weighted by Gasteiger charge is 2.15. The van der Waals surface area contributed by atoms with Gasteiger partial charge in [-0.25, -0.2) is 8.42 Å². The van der Waals surface area contributed by atoms with E-state index in [0.717, 1.165) is 0 Å². The van der Waals surface area contributed by atoms with Crippen molar-refractivity contribution >= 4 is 27.3 Å². The first-order chi connectivity index (χ1) is 9.03. The predicted molar refractivity (Wildman–Crippen MR) is 74.4 cm³/mol. The molecule has 0 bridgehead atoms. The maximum absolute atomic E-state index is 12.2. The molecule has 0 radical (unpaired) electrons. The lowest BCUT2D eigenvalue weighted by molar-refractivity contribution is 0.601. The monoisotopic (exact) mass is 297 g/mol. The Bertz CT molecular complexity index is 675. The summed E-state index contributed by atoms with van der Waals surface area (Å²) in [5, 5.41) is 0.447. The molecule has 3 N–H and O–H groups in total. The first-order valence-electron chi connectivity index (χ1n) is 5.44. The summed E-state index contributed by atoms with van der Waals surface area (Å²) >= 11 is 5.90. The summed E-state index contributed by atoms with van der Waals surface area (Å²) in [5.41, 5.74) is 6.48. The Labute approximate surface area is 116 Å². The molecule has 2 rings (SSSR count). The van der Waals surface area contributed by atoms with Crippen molar-refractivity contribution in [2.45, 2.75) is 11.4 Å². The van der Waals surface area contributed by atoms with Crippen molar-refractivity contribution in [3.05, 3.63) is 53.3 Å². The van der Waals surface area contributed by atoms with Crippen LogP contribution in [0.3, 0.4) is 0 Å². The highest BCUT2D eigenvalue weighted by Crippen LogP contribution is 2.21. The second-order valence-electron chi connectivity index (χ2n) is 3.80. The number of halogens is 1. The van der Waals surface area contributed by atoms with Crippen molar-refractivity contribution in [3.63, 3.8) is 0 Å². The van der Waals surface area contributed by atoms with E-state index in [-0.39, 0.29) is 11.4 Å². The third-order valence-corrected chi connectivity index (χ3v) is 4.21. The average Bonchev–Trinajstić information content (AvgIpc) is 2.39. The van der Waals surface area contributed by atoms with Gasteiger partial charge in [0.2, 0.25) is 0 Å². The minimum absolute atomic E-state index is 0.112. The van der Waals surface area contributed by atoms with E-state index < -0.39 is 10.0 Å². The van der Waals surface area contributed by atoms with Gasteiger partial charge in [-0.2, -0.15) is 0 Å². The lowest BCUT2D eigenvalue weighted by Crippen LogP contribution is -2.13. The van der Waals surface area contributed by atoms with Crippen LogP contribution in [0, 0.1) is 0 Å². The van der Waals surface area contributed by atoms with Crippen LogP contribution < -0.4 is 10.5 Å². The molecule has 1 aromatic heterocycles. The molecule has 5 nitrogen and oxygen atoms in total. The molecule has 0 fully saturated rings. The van der Waals surface area contributed by atoms with Gasteiger partial charge in [-0.15, -0.1) is 0 Å². The number of sulfonamides is 1. The molecule has 7 heteroatoms. The third-order valence-electron chi connectivity index (χ3n) is 2.46. The molecule has 0 saturated heterocycles. The van der Waals surface area contributed by atoms with E-state index in [9.17, 15) is 8.42 Å². The SMILES string of the molecule is NCc1cc(S(=O)(=O)Nc2cccnc2)ccc1Cl. The van der Waals surface area contributed by atoms with E-state index in [2.05, 4.69) is 9.71 Å². The molecule has 0 aliphatic rings. The van der Waals surface area contributed by atoms with Crippen LogP contribution in [0.15, 0.2) is 47.6 Å². The van der Waals surface area contributed by atoms with Crippen molar-refractivity contribution in [3.8, 4) is 0 Å². The summed E-state index contributed by atoms with van der Waals surface area (Å²) in [7, 11) is -3.67. The lowest BCUT2D eigenvalue weighted by atomic mass is 10.2. The number of hydrogen-bond donors (Lipinski definition) is 2. The Kier molecular flexibility index (Phi) is 4.04. The molecule has 1 aromatic carbocycles. The van der Waals surface area contributed by atoms with Crippen molar-refractivity contribution in [1.82, 2.24) is 4.98 Å². The van der Waals surface area contributed by atoms with Gasteiger partial charge in [0.1, 0.15) is 0 Å². The minimum Gasteiger partial charge on any atom is -0.326 e. The second-order valence-corrected chi connectivity index (χ2v) is 5.89. The number of nitrogens with zero attached hydrogens (tertiary/aromatic N) is 1. The Morgan fingerprint density at radius 2 is 2.11 bits per heavy atom. The standard InChI is InChI=1S/C12H12ClN3O2S/c13-12-4-3-11(6-9(12)7-14)19(17,18)16-10-2-1-5-15-8-10/h1-6,8,16H,7,14H2. The van der Waals surface area contributed by atoms with Crippen LogP contribution in [0.2, 0.25) is 5.02 Å². The van der Waals surface area contributed by atoms with Gasteiger partial charge in [0.25, 0.3) is 10.0 Å². The van der Waals surface area contributed by atoms with Crippen LogP contribution in [-0.2, 0) is 16.6 Å². The molecular formula is C12H12ClN3O2S. The molecule has 100 valence electrons. The van der Waals surface area contributed by atoms with Crippen molar-refractivity contribution in [2.75, 3.05) is 4.72 Å². The molecule has 0 spiro atoms. The van der Waals surface area contributed by atoms with E-state index in [1.807, 2.05) is 0 Å². The number of pyridine rings is 1. The highest BCUT2D eigenvalue weighted by atomic mass is 35.5. The zero-order chi connectivity index (χ0) is 13.9. The summed E-state index contributed by atoms with van der Waals surface area (Å²) in [6.45, 7) is 0.176. The van der Waals surface area contributed by atoms with E-state index in [1.54, 1.807) is 18.3 Å². The van der Waals surface area contributed by atoms with Crippen LogP contribution in [-0.4, -0.2) is 13.4 Å². The molecule has 0 aliphatic carbocycles. The maximum Gasteiger partial charge on any atom is 0.261 e. The van der Waals surface area contributed by atoms with Gasteiger partial charge in [-0.05, 0) is 35.9 Å². The van der Waals surface area contributed by atoms with Gasteiger partial charge in [0.15, 0.2) is 0 Å². The van der Waals surface area contributed by atoms with Gasteiger partial charge >= 0.3 is 0 Å². The molecule has 0 amide bonds. The fraction of sp³-hybridized carbons (Fsp3) is 0.0833. The molecule has 0 atom stereocenters. The van der Waals surface area contributed by atoms with Gasteiger partial charge in [-0.3, -0.25) is 9.71 Å². The normalized spacial score (nSPS) is 11.3. The smallest absolute Gasteiger partial charge is 0.261 e. The summed E-state index contributed by atoms with van der Waals surface area (Å²) in [6.07, 6.45) is 2.99.